The number of amides is 2. The lowest BCUT2D eigenvalue weighted by Crippen LogP contribution is -2.50. The molecule has 3 heterocycles. The second-order valence-corrected chi connectivity index (χ2v) is 15.6. The van der Waals surface area contributed by atoms with Crippen LogP contribution in [0.15, 0.2) is 73.1 Å². The number of thiophene rings is 1. The maximum absolute atomic E-state index is 13.9. The fourth-order valence-corrected chi connectivity index (χ4v) is 7.27. The van der Waals surface area contributed by atoms with E-state index in [0.29, 0.717) is 17.1 Å². The summed E-state index contributed by atoms with van der Waals surface area (Å²) in [6, 6.07) is 18.3. The summed E-state index contributed by atoms with van der Waals surface area (Å²) in [5.74, 6) is -0.704. The fraction of sp³-hybridized carbons (Fsp3) is 0.439. The van der Waals surface area contributed by atoms with E-state index in [2.05, 4.69) is 43.0 Å². The summed E-state index contributed by atoms with van der Waals surface area (Å²) in [4.78, 5) is 51.5. The highest BCUT2D eigenvalue weighted by Gasteiger charge is 2.39. The molecule has 51 heavy (non-hydrogen) atoms. The number of hydrogen-bond acceptors (Lipinski definition) is 7. The number of likely N-dealkylation sites (tertiary alicyclic amines) is 1. The smallest absolute Gasteiger partial charge is 0.308 e. The molecule has 9 nitrogen and oxygen atoms in total. The predicted molar refractivity (Wildman–Crippen MR) is 202 cm³/mol. The van der Waals surface area contributed by atoms with Gasteiger partial charge >= 0.3 is 5.97 Å². The third kappa shape index (κ3) is 10.0. The van der Waals surface area contributed by atoms with Crippen molar-refractivity contribution in [2.45, 2.75) is 97.1 Å². The molecular weight excluding hydrogens is 661 g/mol. The Labute approximate surface area is 305 Å². The molecule has 0 aliphatic carbocycles. The van der Waals surface area contributed by atoms with Crippen molar-refractivity contribution >= 4 is 29.1 Å². The lowest BCUT2D eigenvalue weighted by Gasteiger charge is -2.27. The minimum atomic E-state index is -0.914. The van der Waals surface area contributed by atoms with Crippen molar-refractivity contribution in [1.82, 2.24) is 20.2 Å². The monoisotopic (exact) mass is 710 g/mol. The van der Waals surface area contributed by atoms with Crippen LogP contribution in [0.4, 0.5) is 0 Å². The summed E-state index contributed by atoms with van der Waals surface area (Å²) in [6.07, 6.45) is 10.3. The van der Waals surface area contributed by atoms with Gasteiger partial charge in [0, 0.05) is 47.4 Å². The first-order valence-corrected chi connectivity index (χ1v) is 18.8. The summed E-state index contributed by atoms with van der Waals surface area (Å²) >= 11 is 1.42. The number of carbonyl (C=O) groups is 3. The molecule has 3 atom stereocenters. The van der Waals surface area contributed by atoms with Crippen LogP contribution in [0.5, 0.6) is 5.75 Å². The highest BCUT2D eigenvalue weighted by Crippen LogP contribution is 2.30. The average Bonchev–Trinajstić information content (AvgIpc) is 3.78. The van der Waals surface area contributed by atoms with Gasteiger partial charge in [-0.1, -0.05) is 89.8 Å². The van der Waals surface area contributed by atoms with Crippen molar-refractivity contribution < 1.29 is 24.2 Å². The van der Waals surface area contributed by atoms with Crippen molar-refractivity contribution in [3.8, 4) is 28.3 Å². The quantitative estimate of drug-likeness (QED) is 0.119. The van der Waals surface area contributed by atoms with Crippen LogP contribution in [0.3, 0.4) is 0 Å². The highest BCUT2D eigenvalue weighted by molar-refractivity contribution is 7.14. The molecule has 3 unspecified atom stereocenters. The number of carbonyl (C=O) groups excluding carboxylic acids is 2. The Balaban J connectivity index is 1.25. The van der Waals surface area contributed by atoms with E-state index >= 15 is 0 Å². The summed E-state index contributed by atoms with van der Waals surface area (Å²) in [7, 11) is 0. The molecule has 4 aromatic rings. The minimum absolute atomic E-state index is 0.102. The molecule has 2 amide bonds. The molecule has 0 bridgehead atoms. The second kappa shape index (κ2) is 17.1. The van der Waals surface area contributed by atoms with E-state index in [1.54, 1.807) is 23.4 Å². The largest absolute Gasteiger partial charge is 0.494 e. The van der Waals surface area contributed by atoms with Gasteiger partial charge in [-0.25, -0.2) is 9.97 Å². The van der Waals surface area contributed by atoms with Crippen LogP contribution in [0.1, 0.15) is 93.3 Å². The van der Waals surface area contributed by atoms with E-state index < -0.39 is 17.9 Å². The maximum Gasteiger partial charge on any atom is 0.308 e. The SMILES string of the molecule is CCCCCCCOc1ccc(-c2cnc(-c3ccc(CC(NC(=O)c4ccc(C(C)(C)C)s4)C(=O)N4CC(C(=O)O)CC4C)cc3)nc2)cc1. The first-order valence-electron chi connectivity index (χ1n) is 18.0. The standard InChI is InChI=1S/C41H50N4O5S/c1-6-7-8-9-10-21-50-33-17-15-29(16-18-33)32-24-42-37(43-25-32)30-13-11-28(12-14-30)23-34(39(47)45-26-31(40(48)49)22-27(45)2)44-38(46)35-19-20-36(51-35)41(3,4)5/h11-20,24-25,27,31,34H,6-10,21-23,26H2,1-5H3,(H,44,46)(H,48,49). The molecular formula is C41H50N4O5S. The molecule has 0 spiro atoms. The molecule has 2 aromatic carbocycles. The average molecular weight is 711 g/mol. The third-order valence-corrected chi connectivity index (χ3v) is 10.9. The number of ether oxygens (including phenoxy) is 1. The Morgan fingerprint density at radius 1 is 0.922 bits per heavy atom. The number of carboxylic acid groups (broad SMARTS) is 1. The number of nitrogens with zero attached hydrogens (tertiary/aromatic N) is 3. The number of unbranched alkanes of at least 4 members (excludes halogenated alkanes) is 4. The van der Waals surface area contributed by atoms with E-state index in [9.17, 15) is 19.5 Å². The van der Waals surface area contributed by atoms with Crippen LogP contribution < -0.4 is 10.1 Å². The zero-order chi connectivity index (χ0) is 36.5. The highest BCUT2D eigenvalue weighted by atomic mass is 32.1. The van der Waals surface area contributed by atoms with Crippen molar-refractivity contribution in [1.29, 1.82) is 0 Å². The van der Waals surface area contributed by atoms with Crippen molar-refractivity contribution in [2.24, 2.45) is 5.92 Å². The number of nitrogens with one attached hydrogen (secondary N) is 1. The Morgan fingerprint density at radius 2 is 1.59 bits per heavy atom. The zero-order valence-corrected chi connectivity index (χ0v) is 31.2. The van der Waals surface area contributed by atoms with Crippen LogP contribution >= 0.6 is 11.3 Å². The first-order chi connectivity index (χ1) is 24.4. The Bertz CT molecular complexity index is 1760. The van der Waals surface area contributed by atoms with E-state index in [1.165, 1.54) is 37.0 Å². The van der Waals surface area contributed by atoms with Gasteiger partial charge in [0.2, 0.25) is 5.91 Å². The summed E-state index contributed by atoms with van der Waals surface area (Å²) in [6.45, 7) is 11.2. The van der Waals surface area contributed by atoms with Gasteiger partial charge in [0.15, 0.2) is 5.82 Å². The Hall–Kier alpha value is -4.57. The van der Waals surface area contributed by atoms with Crippen LogP contribution in [0.25, 0.3) is 22.5 Å². The van der Waals surface area contributed by atoms with Gasteiger partial charge in [0.05, 0.1) is 17.4 Å². The van der Waals surface area contributed by atoms with Crippen LogP contribution in [-0.2, 0) is 21.4 Å². The van der Waals surface area contributed by atoms with E-state index in [0.717, 1.165) is 45.9 Å². The van der Waals surface area contributed by atoms with Crippen molar-refractivity contribution in [2.75, 3.05) is 13.2 Å². The Morgan fingerprint density at radius 3 is 2.20 bits per heavy atom. The molecule has 10 heteroatoms. The van der Waals surface area contributed by atoms with E-state index in [4.69, 9.17) is 4.74 Å². The fourth-order valence-electron chi connectivity index (χ4n) is 6.30. The number of aromatic nitrogens is 2. The van der Waals surface area contributed by atoms with Gasteiger partial charge in [0.25, 0.3) is 5.91 Å². The molecule has 270 valence electrons. The van der Waals surface area contributed by atoms with Gasteiger partial charge in [-0.15, -0.1) is 11.3 Å². The number of benzene rings is 2. The molecule has 0 saturated carbocycles. The number of carboxylic acids is 1. The zero-order valence-electron chi connectivity index (χ0n) is 30.4. The van der Waals surface area contributed by atoms with Gasteiger partial charge in [-0.3, -0.25) is 14.4 Å². The molecule has 1 fully saturated rings. The second-order valence-electron chi connectivity index (χ2n) is 14.5. The maximum atomic E-state index is 13.9. The lowest BCUT2D eigenvalue weighted by molar-refractivity contribution is -0.141. The van der Waals surface area contributed by atoms with Crippen LogP contribution in [0.2, 0.25) is 0 Å². The van der Waals surface area contributed by atoms with Crippen molar-refractivity contribution in [3.05, 3.63) is 88.4 Å². The number of rotatable bonds is 15. The van der Waals surface area contributed by atoms with Crippen LogP contribution in [0, 0.1) is 5.92 Å². The molecule has 2 N–H and O–H groups in total. The van der Waals surface area contributed by atoms with E-state index in [-0.39, 0.29) is 36.2 Å². The van der Waals surface area contributed by atoms with Gasteiger partial charge < -0.3 is 20.1 Å². The third-order valence-electron chi connectivity index (χ3n) is 9.39. The summed E-state index contributed by atoms with van der Waals surface area (Å²) in [5, 5.41) is 12.6. The lowest BCUT2D eigenvalue weighted by atomic mass is 9.95. The predicted octanol–water partition coefficient (Wildman–Crippen LogP) is 8.18. The molecule has 5 rings (SSSR count). The number of hydrogen-bond donors (Lipinski definition) is 2. The number of aliphatic carboxylic acids is 1. The summed E-state index contributed by atoms with van der Waals surface area (Å²) in [5.41, 5.74) is 3.48. The summed E-state index contributed by atoms with van der Waals surface area (Å²) < 4.78 is 5.90. The van der Waals surface area contributed by atoms with Crippen LogP contribution in [-0.4, -0.2) is 63.0 Å². The molecule has 1 aliphatic heterocycles. The van der Waals surface area contributed by atoms with Gasteiger partial charge in [-0.2, -0.15) is 0 Å². The normalized spacial score (nSPS) is 16.5. The first kappa shape index (κ1) is 37.7. The van der Waals surface area contributed by atoms with E-state index in [1.807, 2.05) is 61.5 Å². The topological polar surface area (TPSA) is 122 Å². The molecule has 1 aliphatic rings. The molecule has 0 radical (unpaired) electrons. The Kier molecular flexibility index (Phi) is 12.6. The van der Waals surface area contributed by atoms with Gasteiger partial charge in [0.1, 0.15) is 11.8 Å². The molecule has 2 aromatic heterocycles. The minimum Gasteiger partial charge on any atom is -0.494 e. The van der Waals surface area contributed by atoms with Crippen molar-refractivity contribution in [3.63, 3.8) is 0 Å². The molecule has 1 saturated heterocycles. The van der Waals surface area contributed by atoms with Gasteiger partial charge in [-0.05, 0) is 60.6 Å².